The summed E-state index contributed by atoms with van der Waals surface area (Å²) >= 11 is 0. The molecule has 0 aromatic carbocycles. The van der Waals surface area contributed by atoms with Crippen molar-refractivity contribution < 1.29 is 9.53 Å². The predicted molar refractivity (Wildman–Crippen MR) is 73.3 cm³/mol. The van der Waals surface area contributed by atoms with Gasteiger partial charge in [0.2, 0.25) is 5.91 Å². The number of amides is 1. The van der Waals surface area contributed by atoms with Crippen molar-refractivity contribution >= 4 is 5.91 Å². The quantitative estimate of drug-likeness (QED) is 0.684. The molecule has 1 saturated carbocycles. The van der Waals surface area contributed by atoms with E-state index >= 15 is 0 Å². The van der Waals surface area contributed by atoms with Gasteiger partial charge in [-0.25, -0.2) is 0 Å². The monoisotopic (exact) mass is 256 g/mol. The summed E-state index contributed by atoms with van der Waals surface area (Å²) in [6, 6.07) is 0. The molecule has 0 atom stereocenters. The first-order chi connectivity index (χ1) is 8.77. The van der Waals surface area contributed by atoms with Crippen molar-refractivity contribution in [1.29, 1.82) is 0 Å². The Bertz CT molecular complexity index is 220. The zero-order valence-electron chi connectivity index (χ0n) is 11.7. The molecule has 1 amide bonds. The lowest BCUT2D eigenvalue weighted by atomic mass is 10.0. The van der Waals surface area contributed by atoms with E-state index in [-0.39, 0.29) is 5.91 Å². The molecule has 4 heteroatoms. The van der Waals surface area contributed by atoms with Crippen LogP contribution in [0.2, 0.25) is 0 Å². The lowest BCUT2D eigenvalue weighted by Gasteiger charge is -2.23. The maximum atomic E-state index is 12.1. The minimum atomic E-state index is 0.271. The molecule has 1 aliphatic rings. The first kappa shape index (κ1) is 15.4. The number of rotatable bonds is 9. The molecular weight excluding hydrogens is 228 g/mol. The van der Waals surface area contributed by atoms with Crippen LogP contribution in [0.25, 0.3) is 0 Å². The largest absolute Gasteiger partial charge is 0.383 e. The maximum absolute atomic E-state index is 12.1. The van der Waals surface area contributed by atoms with Gasteiger partial charge in [0.25, 0.3) is 0 Å². The van der Waals surface area contributed by atoms with Gasteiger partial charge in [-0.15, -0.1) is 0 Å². The van der Waals surface area contributed by atoms with Crippen molar-refractivity contribution in [2.75, 3.05) is 33.4 Å². The first-order valence-electron chi connectivity index (χ1n) is 7.24. The van der Waals surface area contributed by atoms with Crippen LogP contribution >= 0.6 is 0 Å². The summed E-state index contributed by atoms with van der Waals surface area (Å²) in [5.41, 5.74) is 5.51. The van der Waals surface area contributed by atoms with Crippen molar-refractivity contribution in [1.82, 2.24) is 4.90 Å². The SMILES string of the molecule is COCCN(CCCN)C(=O)CCC1CCCC1. The summed E-state index contributed by atoms with van der Waals surface area (Å²) in [6.45, 7) is 2.71. The number of nitrogens with zero attached hydrogens (tertiary/aromatic N) is 1. The highest BCUT2D eigenvalue weighted by Crippen LogP contribution is 2.28. The topological polar surface area (TPSA) is 55.6 Å². The molecule has 18 heavy (non-hydrogen) atoms. The molecule has 106 valence electrons. The Kier molecular flexibility index (Phi) is 8.01. The van der Waals surface area contributed by atoms with E-state index < -0.39 is 0 Å². The minimum Gasteiger partial charge on any atom is -0.383 e. The molecule has 0 bridgehead atoms. The third-order valence-corrected chi connectivity index (χ3v) is 3.79. The number of hydrogen-bond donors (Lipinski definition) is 1. The molecule has 0 unspecified atom stereocenters. The van der Waals surface area contributed by atoms with Gasteiger partial charge in [-0.3, -0.25) is 4.79 Å². The van der Waals surface area contributed by atoms with Gasteiger partial charge in [0.15, 0.2) is 0 Å². The third-order valence-electron chi connectivity index (χ3n) is 3.79. The Hall–Kier alpha value is -0.610. The smallest absolute Gasteiger partial charge is 0.222 e. The number of hydrogen-bond acceptors (Lipinski definition) is 3. The van der Waals surface area contributed by atoms with E-state index in [4.69, 9.17) is 10.5 Å². The Morgan fingerprint density at radius 2 is 2.06 bits per heavy atom. The van der Waals surface area contributed by atoms with Crippen LogP contribution in [0.15, 0.2) is 0 Å². The highest BCUT2D eigenvalue weighted by atomic mass is 16.5. The van der Waals surface area contributed by atoms with E-state index in [9.17, 15) is 4.79 Å². The fourth-order valence-corrected chi connectivity index (χ4v) is 2.63. The molecule has 0 aliphatic heterocycles. The van der Waals surface area contributed by atoms with Crippen LogP contribution < -0.4 is 5.73 Å². The highest BCUT2D eigenvalue weighted by Gasteiger charge is 2.18. The van der Waals surface area contributed by atoms with Crippen molar-refractivity contribution in [2.45, 2.75) is 44.9 Å². The molecule has 2 N–H and O–H groups in total. The number of methoxy groups -OCH3 is 1. The van der Waals surface area contributed by atoms with E-state index in [1.165, 1.54) is 25.7 Å². The number of ether oxygens (including phenoxy) is 1. The summed E-state index contributed by atoms with van der Waals surface area (Å²) in [5, 5.41) is 0. The van der Waals surface area contributed by atoms with E-state index in [0.29, 0.717) is 26.1 Å². The second kappa shape index (κ2) is 9.34. The lowest BCUT2D eigenvalue weighted by molar-refractivity contribution is -0.132. The van der Waals surface area contributed by atoms with Gasteiger partial charge < -0.3 is 15.4 Å². The standard InChI is InChI=1S/C14H28N2O2/c1-18-12-11-16(10-4-9-15)14(17)8-7-13-5-2-3-6-13/h13H,2-12,15H2,1H3. The van der Waals surface area contributed by atoms with Crippen LogP contribution in [0.3, 0.4) is 0 Å². The van der Waals surface area contributed by atoms with Crippen LogP contribution in [0.1, 0.15) is 44.9 Å². The molecular formula is C14H28N2O2. The molecule has 0 aromatic heterocycles. The zero-order valence-corrected chi connectivity index (χ0v) is 11.7. The van der Waals surface area contributed by atoms with Gasteiger partial charge in [0.1, 0.15) is 0 Å². The van der Waals surface area contributed by atoms with Gasteiger partial charge in [-0.1, -0.05) is 25.7 Å². The van der Waals surface area contributed by atoms with Crippen LogP contribution in [0.5, 0.6) is 0 Å². The van der Waals surface area contributed by atoms with Crippen molar-refractivity contribution in [3.8, 4) is 0 Å². The normalized spacial score (nSPS) is 16.1. The van der Waals surface area contributed by atoms with Crippen LogP contribution in [0, 0.1) is 5.92 Å². The molecule has 0 heterocycles. The second-order valence-corrected chi connectivity index (χ2v) is 5.20. The summed E-state index contributed by atoms with van der Waals surface area (Å²) in [5.74, 6) is 1.06. The summed E-state index contributed by atoms with van der Waals surface area (Å²) in [6.07, 6.45) is 7.95. The summed E-state index contributed by atoms with van der Waals surface area (Å²) in [4.78, 5) is 14.0. The maximum Gasteiger partial charge on any atom is 0.222 e. The Morgan fingerprint density at radius 3 is 2.67 bits per heavy atom. The number of carbonyl (C=O) groups is 1. The third kappa shape index (κ3) is 5.83. The Balaban J connectivity index is 2.27. The van der Waals surface area contributed by atoms with E-state index in [2.05, 4.69) is 0 Å². The summed E-state index contributed by atoms with van der Waals surface area (Å²) < 4.78 is 5.06. The van der Waals surface area contributed by atoms with E-state index in [0.717, 1.165) is 25.3 Å². The fourth-order valence-electron chi connectivity index (χ4n) is 2.63. The van der Waals surface area contributed by atoms with E-state index in [1.54, 1.807) is 7.11 Å². The zero-order chi connectivity index (χ0) is 13.2. The molecule has 1 rings (SSSR count). The van der Waals surface area contributed by atoms with E-state index in [1.807, 2.05) is 4.90 Å². The van der Waals surface area contributed by atoms with Gasteiger partial charge in [-0.05, 0) is 25.3 Å². The van der Waals surface area contributed by atoms with Gasteiger partial charge in [0, 0.05) is 26.6 Å². The molecule has 1 fully saturated rings. The molecule has 0 spiro atoms. The predicted octanol–water partition coefficient (Wildman–Crippen LogP) is 1.78. The number of nitrogens with two attached hydrogens (primary N) is 1. The average Bonchev–Trinajstić information content (AvgIpc) is 2.89. The van der Waals surface area contributed by atoms with Crippen LogP contribution in [-0.2, 0) is 9.53 Å². The van der Waals surface area contributed by atoms with Crippen LogP contribution in [0.4, 0.5) is 0 Å². The van der Waals surface area contributed by atoms with Gasteiger partial charge in [-0.2, -0.15) is 0 Å². The van der Waals surface area contributed by atoms with Gasteiger partial charge >= 0.3 is 0 Å². The number of carbonyl (C=O) groups excluding carboxylic acids is 1. The molecule has 0 radical (unpaired) electrons. The minimum absolute atomic E-state index is 0.271. The molecule has 0 saturated heterocycles. The second-order valence-electron chi connectivity index (χ2n) is 5.20. The fraction of sp³-hybridized carbons (Fsp3) is 0.929. The summed E-state index contributed by atoms with van der Waals surface area (Å²) in [7, 11) is 1.67. The highest BCUT2D eigenvalue weighted by molar-refractivity contribution is 5.76. The first-order valence-corrected chi connectivity index (χ1v) is 7.24. The lowest BCUT2D eigenvalue weighted by Crippen LogP contribution is -2.35. The van der Waals surface area contributed by atoms with Crippen molar-refractivity contribution in [2.24, 2.45) is 11.7 Å². The van der Waals surface area contributed by atoms with Gasteiger partial charge in [0.05, 0.1) is 6.61 Å². The molecule has 4 nitrogen and oxygen atoms in total. The van der Waals surface area contributed by atoms with Crippen LogP contribution in [-0.4, -0.2) is 44.2 Å². The van der Waals surface area contributed by atoms with Crippen molar-refractivity contribution in [3.63, 3.8) is 0 Å². The van der Waals surface area contributed by atoms with Crippen molar-refractivity contribution in [3.05, 3.63) is 0 Å². The molecule has 1 aliphatic carbocycles. The molecule has 0 aromatic rings. The average molecular weight is 256 g/mol. The Labute approximate surface area is 111 Å². The Morgan fingerprint density at radius 1 is 1.33 bits per heavy atom.